The van der Waals surface area contributed by atoms with Crippen molar-refractivity contribution in [3.8, 4) is 0 Å². The summed E-state index contributed by atoms with van der Waals surface area (Å²) in [4.78, 5) is 16.9. The number of aromatic nitrogens is 4. The van der Waals surface area contributed by atoms with Crippen molar-refractivity contribution < 1.29 is 9.21 Å². The summed E-state index contributed by atoms with van der Waals surface area (Å²) in [5.41, 5.74) is 2.53. The zero-order valence-corrected chi connectivity index (χ0v) is 15.7. The van der Waals surface area contributed by atoms with Crippen LogP contribution < -0.4 is 0 Å². The predicted octanol–water partition coefficient (Wildman–Crippen LogP) is 1.75. The maximum Gasteiger partial charge on any atom is 0.274 e. The van der Waals surface area contributed by atoms with Gasteiger partial charge in [0.15, 0.2) is 0 Å². The van der Waals surface area contributed by atoms with E-state index in [0.29, 0.717) is 25.5 Å². The average Bonchev–Trinajstić information content (AvgIpc) is 3.38. The fourth-order valence-electron chi connectivity index (χ4n) is 3.40. The summed E-state index contributed by atoms with van der Waals surface area (Å²) in [6.07, 6.45) is 3.52. The lowest BCUT2D eigenvalue weighted by atomic mass is 10.2. The Morgan fingerprint density at radius 1 is 1.15 bits per heavy atom. The Kier molecular flexibility index (Phi) is 4.81. The topological polar surface area (TPSA) is 72.3 Å². The van der Waals surface area contributed by atoms with Crippen LogP contribution in [0.5, 0.6) is 0 Å². The van der Waals surface area contributed by atoms with Crippen LogP contribution in [0.3, 0.4) is 0 Å². The molecular formula is C19H24N6O2. The molecule has 0 bridgehead atoms. The molecule has 0 atom stereocenters. The summed E-state index contributed by atoms with van der Waals surface area (Å²) >= 11 is 0. The lowest BCUT2D eigenvalue weighted by Gasteiger charge is -2.33. The third-order valence-corrected chi connectivity index (χ3v) is 4.86. The number of rotatable bonds is 5. The Morgan fingerprint density at radius 3 is 2.63 bits per heavy atom. The van der Waals surface area contributed by atoms with Crippen LogP contribution in [-0.4, -0.2) is 61.4 Å². The van der Waals surface area contributed by atoms with Gasteiger partial charge in [-0.1, -0.05) is 0 Å². The predicted molar refractivity (Wildman–Crippen MR) is 99.2 cm³/mol. The first-order valence-electron chi connectivity index (χ1n) is 9.17. The van der Waals surface area contributed by atoms with Crippen LogP contribution in [-0.2, 0) is 13.2 Å². The monoisotopic (exact) mass is 368 g/mol. The molecule has 0 N–H and O–H groups in total. The molecule has 1 aliphatic rings. The minimum atomic E-state index is -0.0141. The van der Waals surface area contributed by atoms with E-state index in [1.807, 2.05) is 47.8 Å². The molecule has 1 saturated heterocycles. The summed E-state index contributed by atoms with van der Waals surface area (Å²) in [5.74, 6) is 0.942. The molecule has 1 amide bonds. The van der Waals surface area contributed by atoms with Crippen molar-refractivity contribution in [2.24, 2.45) is 0 Å². The molecule has 0 aliphatic carbocycles. The lowest BCUT2D eigenvalue weighted by Crippen LogP contribution is -2.48. The SMILES string of the molecule is Cc1cc(C)n(Cn2ccc(C(=O)N3CCN(Cc4ccco4)CC3)n2)n1. The maximum absolute atomic E-state index is 12.8. The molecule has 8 nitrogen and oxygen atoms in total. The number of piperazine rings is 1. The average molecular weight is 368 g/mol. The van der Waals surface area contributed by atoms with Gasteiger partial charge in [0.25, 0.3) is 5.91 Å². The minimum absolute atomic E-state index is 0.0141. The molecule has 27 heavy (non-hydrogen) atoms. The van der Waals surface area contributed by atoms with Crippen LogP contribution in [0.15, 0.2) is 41.1 Å². The minimum Gasteiger partial charge on any atom is -0.468 e. The van der Waals surface area contributed by atoms with Crippen molar-refractivity contribution in [3.63, 3.8) is 0 Å². The van der Waals surface area contributed by atoms with Crippen LogP contribution in [0.1, 0.15) is 27.6 Å². The number of aryl methyl sites for hydroxylation is 2. The van der Waals surface area contributed by atoms with Crippen molar-refractivity contribution in [2.45, 2.75) is 27.1 Å². The van der Waals surface area contributed by atoms with E-state index >= 15 is 0 Å². The van der Waals surface area contributed by atoms with Gasteiger partial charge in [-0.2, -0.15) is 10.2 Å². The fourth-order valence-corrected chi connectivity index (χ4v) is 3.40. The maximum atomic E-state index is 12.8. The molecule has 0 spiro atoms. The second-order valence-corrected chi connectivity index (χ2v) is 6.96. The standard InChI is InChI=1S/C19H24N6O2/c1-15-12-16(2)25(20-15)14-24-6-5-18(21-24)19(26)23-9-7-22(8-10-23)13-17-4-3-11-27-17/h3-6,11-12H,7-10,13-14H2,1-2H3. The van der Waals surface area contributed by atoms with E-state index in [0.717, 1.165) is 36.8 Å². The molecule has 0 saturated carbocycles. The molecule has 4 rings (SSSR count). The van der Waals surface area contributed by atoms with Crippen molar-refractivity contribution in [3.05, 3.63) is 59.6 Å². The van der Waals surface area contributed by atoms with Gasteiger partial charge in [0.1, 0.15) is 18.1 Å². The third kappa shape index (κ3) is 3.95. The van der Waals surface area contributed by atoms with Gasteiger partial charge in [-0.25, -0.2) is 4.68 Å². The number of amides is 1. The first-order chi connectivity index (χ1) is 13.1. The van der Waals surface area contributed by atoms with Crippen molar-refractivity contribution in [1.29, 1.82) is 0 Å². The quantitative estimate of drug-likeness (QED) is 0.686. The van der Waals surface area contributed by atoms with Gasteiger partial charge in [0.2, 0.25) is 0 Å². The molecule has 8 heteroatoms. The number of carbonyl (C=O) groups excluding carboxylic acids is 1. The third-order valence-electron chi connectivity index (χ3n) is 4.86. The Bertz CT molecular complexity index is 903. The molecule has 0 aromatic carbocycles. The second-order valence-electron chi connectivity index (χ2n) is 6.96. The first-order valence-corrected chi connectivity index (χ1v) is 9.17. The van der Waals surface area contributed by atoms with Crippen LogP contribution >= 0.6 is 0 Å². The van der Waals surface area contributed by atoms with Gasteiger partial charge >= 0.3 is 0 Å². The van der Waals surface area contributed by atoms with Crippen molar-refractivity contribution in [1.82, 2.24) is 29.4 Å². The van der Waals surface area contributed by atoms with Gasteiger partial charge in [-0.05, 0) is 38.1 Å². The fraction of sp³-hybridized carbons (Fsp3) is 0.421. The van der Waals surface area contributed by atoms with E-state index in [1.165, 1.54) is 0 Å². The molecule has 1 fully saturated rings. The Balaban J connectivity index is 1.34. The molecule has 3 aromatic heterocycles. The van der Waals surface area contributed by atoms with E-state index in [9.17, 15) is 4.79 Å². The van der Waals surface area contributed by atoms with Crippen molar-refractivity contribution in [2.75, 3.05) is 26.2 Å². The molecule has 0 unspecified atom stereocenters. The second kappa shape index (κ2) is 7.40. The van der Waals surface area contributed by atoms with Gasteiger partial charge in [0, 0.05) is 38.1 Å². The summed E-state index contributed by atoms with van der Waals surface area (Å²) in [6.45, 7) is 8.33. The largest absolute Gasteiger partial charge is 0.468 e. The lowest BCUT2D eigenvalue weighted by molar-refractivity contribution is 0.0613. The van der Waals surface area contributed by atoms with E-state index in [1.54, 1.807) is 17.0 Å². The summed E-state index contributed by atoms with van der Waals surface area (Å²) in [6, 6.07) is 7.69. The molecule has 3 aromatic rings. The first kappa shape index (κ1) is 17.5. The van der Waals surface area contributed by atoms with E-state index in [4.69, 9.17) is 4.42 Å². The van der Waals surface area contributed by atoms with Gasteiger partial charge in [-0.3, -0.25) is 14.4 Å². The highest BCUT2D eigenvalue weighted by atomic mass is 16.3. The van der Waals surface area contributed by atoms with Crippen LogP contribution in [0.4, 0.5) is 0 Å². The molecule has 142 valence electrons. The van der Waals surface area contributed by atoms with Crippen molar-refractivity contribution >= 4 is 5.91 Å². The zero-order valence-electron chi connectivity index (χ0n) is 15.7. The highest BCUT2D eigenvalue weighted by Crippen LogP contribution is 2.11. The number of hydrogen-bond donors (Lipinski definition) is 0. The number of nitrogens with zero attached hydrogens (tertiary/aromatic N) is 6. The summed E-state index contributed by atoms with van der Waals surface area (Å²) in [5, 5.41) is 8.88. The molecule has 0 radical (unpaired) electrons. The molecular weight excluding hydrogens is 344 g/mol. The zero-order chi connectivity index (χ0) is 18.8. The normalized spacial score (nSPS) is 15.4. The molecule has 4 heterocycles. The van der Waals surface area contributed by atoms with E-state index in [-0.39, 0.29) is 5.91 Å². The van der Waals surface area contributed by atoms with Gasteiger partial charge in [-0.15, -0.1) is 0 Å². The Hall–Kier alpha value is -2.87. The Labute approximate surface area is 158 Å². The van der Waals surface area contributed by atoms with Crippen LogP contribution in [0, 0.1) is 13.8 Å². The van der Waals surface area contributed by atoms with Gasteiger partial charge in [0.05, 0.1) is 18.5 Å². The highest BCUT2D eigenvalue weighted by molar-refractivity contribution is 5.92. The molecule has 1 aliphatic heterocycles. The summed E-state index contributed by atoms with van der Waals surface area (Å²) < 4.78 is 9.03. The number of carbonyl (C=O) groups is 1. The van der Waals surface area contributed by atoms with Crippen LogP contribution in [0.25, 0.3) is 0 Å². The Morgan fingerprint density at radius 2 is 1.96 bits per heavy atom. The summed E-state index contributed by atoms with van der Waals surface area (Å²) in [7, 11) is 0. The number of hydrogen-bond acceptors (Lipinski definition) is 5. The highest BCUT2D eigenvalue weighted by Gasteiger charge is 2.24. The number of furan rings is 1. The van der Waals surface area contributed by atoms with Gasteiger partial charge < -0.3 is 9.32 Å². The van der Waals surface area contributed by atoms with Crippen LogP contribution in [0.2, 0.25) is 0 Å². The smallest absolute Gasteiger partial charge is 0.274 e. The van der Waals surface area contributed by atoms with E-state index in [2.05, 4.69) is 15.1 Å². The van der Waals surface area contributed by atoms with E-state index < -0.39 is 0 Å².